The number of ether oxygens (including phenoxy) is 1. The second-order valence-corrected chi connectivity index (χ2v) is 8.19. The normalized spacial score (nSPS) is 13.3. The fraction of sp³-hybridized carbons (Fsp3) is 0.526. The van der Waals surface area contributed by atoms with Crippen LogP contribution in [0, 0.1) is 5.92 Å². The highest BCUT2D eigenvalue weighted by Gasteiger charge is 2.27. The molecule has 7 nitrogen and oxygen atoms in total. The number of carbonyl (C=O) groups excluding carboxylic acids is 3. The first kappa shape index (κ1) is 23.0. The SMILES string of the molecule is CCC(C)C(NC(=O)Nc1ccc(Br)cc1)C(=O)NCC(=O)OC(C)(C)C. The van der Waals surface area contributed by atoms with Crippen molar-refractivity contribution in [2.75, 3.05) is 11.9 Å². The summed E-state index contributed by atoms with van der Waals surface area (Å²) < 4.78 is 6.06. The van der Waals surface area contributed by atoms with Crippen LogP contribution in [0.1, 0.15) is 41.0 Å². The van der Waals surface area contributed by atoms with E-state index in [-0.39, 0.29) is 12.5 Å². The van der Waals surface area contributed by atoms with Crippen molar-refractivity contribution in [2.24, 2.45) is 5.92 Å². The summed E-state index contributed by atoms with van der Waals surface area (Å²) in [6.07, 6.45) is 0.684. The Balaban J connectivity index is 2.65. The van der Waals surface area contributed by atoms with E-state index in [0.29, 0.717) is 12.1 Å². The predicted molar refractivity (Wildman–Crippen MR) is 108 cm³/mol. The van der Waals surface area contributed by atoms with Crippen LogP contribution in [-0.2, 0) is 14.3 Å². The lowest BCUT2D eigenvalue weighted by molar-refractivity contribution is -0.154. The molecule has 27 heavy (non-hydrogen) atoms. The number of esters is 1. The van der Waals surface area contributed by atoms with Gasteiger partial charge in [-0.3, -0.25) is 9.59 Å². The van der Waals surface area contributed by atoms with Gasteiger partial charge in [0.2, 0.25) is 5.91 Å². The molecule has 150 valence electrons. The van der Waals surface area contributed by atoms with Crippen LogP contribution in [-0.4, -0.2) is 36.1 Å². The average Bonchev–Trinajstić information content (AvgIpc) is 2.57. The van der Waals surface area contributed by atoms with Gasteiger partial charge in [0, 0.05) is 10.2 Å². The summed E-state index contributed by atoms with van der Waals surface area (Å²) in [5.74, 6) is -1.07. The Morgan fingerprint density at radius 2 is 1.74 bits per heavy atom. The second-order valence-electron chi connectivity index (χ2n) is 7.27. The van der Waals surface area contributed by atoms with Gasteiger partial charge in [0.25, 0.3) is 0 Å². The first-order valence-corrected chi connectivity index (χ1v) is 9.63. The van der Waals surface area contributed by atoms with Gasteiger partial charge in [-0.25, -0.2) is 4.79 Å². The van der Waals surface area contributed by atoms with E-state index >= 15 is 0 Å². The molecule has 0 aliphatic carbocycles. The average molecular weight is 442 g/mol. The van der Waals surface area contributed by atoms with Crippen molar-refractivity contribution in [2.45, 2.75) is 52.7 Å². The summed E-state index contributed by atoms with van der Waals surface area (Å²) in [5.41, 5.74) is -0.0199. The van der Waals surface area contributed by atoms with Gasteiger partial charge in [-0.15, -0.1) is 0 Å². The smallest absolute Gasteiger partial charge is 0.325 e. The number of urea groups is 1. The van der Waals surface area contributed by atoms with Gasteiger partial charge in [0.05, 0.1) is 0 Å². The Bertz CT molecular complexity index is 656. The van der Waals surface area contributed by atoms with Crippen LogP contribution in [0.5, 0.6) is 0 Å². The quantitative estimate of drug-likeness (QED) is 0.564. The van der Waals surface area contributed by atoms with E-state index in [0.717, 1.165) is 4.47 Å². The van der Waals surface area contributed by atoms with E-state index in [9.17, 15) is 14.4 Å². The van der Waals surface area contributed by atoms with Gasteiger partial charge in [0.1, 0.15) is 18.2 Å². The summed E-state index contributed by atoms with van der Waals surface area (Å²) in [7, 11) is 0. The molecule has 0 spiro atoms. The predicted octanol–water partition coefficient (Wildman–Crippen LogP) is 3.44. The molecule has 0 heterocycles. The Hall–Kier alpha value is -2.09. The lowest BCUT2D eigenvalue weighted by Gasteiger charge is -2.24. The number of rotatable bonds is 7. The molecule has 0 aromatic heterocycles. The molecule has 1 aromatic rings. The van der Waals surface area contributed by atoms with Gasteiger partial charge in [-0.05, 0) is 51.0 Å². The zero-order valence-corrected chi connectivity index (χ0v) is 18.0. The first-order valence-electron chi connectivity index (χ1n) is 8.84. The molecule has 1 rings (SSSR count). The van der Waals surface area contributed by atoms with Crippen LogP contribution >= 0.6 is 15.9 Å². The molecule has 0 aliphatic rings. The van der Waals surface area contributed by atoms with Crippen molar-refractivity contribution in [3.8, 4) is 0 Å². The highest BCUT2D eigenvalue weighted by molar-refractivity contribution is 9.10. The van der Waals surface area contributed by atoms with E-state index in [1.54, 1.807) is 45.0 Å². The number of anilines is 1. The maximum absolute atomic E-state index is 12.5. The monoisotopic (exact) mass is 441 g/mol. The number of halogens is 1. The number of nitrogens with one attached hydrogen (secondary N) is 3. The summed E-state index contributed by atoms with van der Waals surface area (Å²) in [4.78, 5) is 36.5. The third-order valence-corrected chi connectivity index (χ3v) is 4.24. The number of carbonyl (C=O) groups is 3. The fourth-order valence-electron chi connectivity index (χ4n) is 2.19. The molecule has 2 atom stereocenters. The van der Waals surface area contributed by atoms with E-state index in [2.05, 4.69) is 31.9 Å². The summed E-state index contributed by atoms with van der Waals surface area (Å²) in [6.45, 7) is 8.79. The number of hydrogen-bond acceptors (Lipinski definition) is 4. The minimum absolute atomic E-state index is 0.112. The maximum atomic E-state index is 12.5. The van der Waals surface area contributed by atoms with Crippen molar-refractivity contribution >= 4 is 39.5 Å². The zero-order chi connectivity index (χ0) is 20.6. The Morgan fingerprint density at radius 3 is 2.26 bits per heavy atom. The molecule has 0 aliphatic heterocycles. The second kappa shape index (κ2) is 10.3. The Kier molecular flexibility index (Phi) is 8.75. The van der Waals surface area contributed by atoms with E-state index in [1.165, 1.54) is 0 Å². The van der Waals surface area contributed by atoms with Crippen molar-refractivity contribution in [3.63, 3.8) is 0 Å². The van der Waals surface area contributed by atoms with Crippen molar-refractivity contribution in [3.05, 3.63) is 28.7 Å². The van der Waals surface area contributed by atoms with Crippen molar-refractivity contribution in [1.29, 1.82) is 0 Å². The lowest BCUT2D eigenvalue weighted by atomic mass is 9.98. The van der Waals surface area contributed by atoms with Gasteiger partial charge in [-0.1, -0.05) is 36.2 Å². The molecule has 0 fully saturated rings. The fourth-order valence-corrected chi connectivity index (χ4v) is 2.45. The van der Waals surface area contributed by atoms with Crippen LogP contribution in [0.2, 0.25) is 0 Å². The largest absolute Gasteiger partial charge is 0.459 e. The molecule has 0 radical (unpaired) electrons. The minimum atomic E-state index is -0.770. The Labute approximate surface area is 168 Å². The maximum Gasteiger partial charge on any atom is 0.325 e. The standard InChI is InChI=1S/C19H28BrN3O4/c1-6-12(2)16(17(25)21-11-15(24)27-19(3,4)5)23-18(26)22-14-9-7-13(20)8-10-14/h7-10,12,16H,6,11H2,1-5H3,(H,21,25)(H2,22,23,26). The summed E-state index contributed by atoms with van der Waals surface area (Å²) in [6, 6.07) is 5.82. The number of benzene rings is 1. The van der Waals surface area contributed by atoms with E-state index in [4.69, 9.17) is 4.74 Å². The number of hydrogen-bond donors (Lipinski definition) is 3. The minimum Gasteiger partial charge on any atom is -0.459 e. The molecule has 8 heteroatoms. The highest BCUT2D eigenvalue weighted by Crippen LogP contribution is 2.14. The molecule has 0 saturated heterocycles. The third kappa shape index (κ3) is 8.90. The lowest BCUT2D eigenvalue weighted by Crippen LogP contribution is -2.52. The van der Waals surface area contributed by atoms with Gasteiger partial charge in [-0.2, -0.15) is 0 Å². The molecule has 3 amide bonds. The van der Waals surface area contributed by atoms with Gasteiger partial charge >= 0.3 is 12.0 Å². The molecule has 2 unspecified atom stereocenters. The van der Waals surface area contributed by atoms with E-state index in [1.807, 2.05) is 13.8 Å². The molecule has 0 bridgehead atoms. The van der Waals surface area contributed by atoms with Gasteiger partial charge in [0.15, 0.2) is 0 Å². The summed E-state index contributed by atoms with van der Waals surface area (Å²) >= 11 is 3.33. The highest BCUT2D eigenvalue weighted by atomic mass is 79.9. The molecule has 1 aromatic carbocycles. The van der Waals surface area contributed by atoms with Crippen LogP contribution < -0.4 is 16.0 Å². The zero-order valence-electron chi connectivity index (χ0n) is 16.4. The van der Waals surface area contributed by atoms with Crippen LogP contribution in [0.3, 0.4) is 0 Å². The molecule has 3 N–H and O–H groups in total. The van der Waals surface area contributed by atoms with Crippen LogP contribution in [0.15, 0.2) is 28.7 Å². The first-order chi connectivity index (χ1) is 12.5. The van der Waals surface area contributed by atoms with Gasteiger partial charge < -0.3 is 20.7 Å². The van der Waals surface area contributed by atoms with Crippen molar-refractivity contribution in [1.82, 2.24) is 10.6 Å². The summed E-state index contributed by atoms with van der Waals surface area (Å²) in [5, 5.41) is 7.90. The molecular formula is C19H28BrN3O4. The number of amides is 3. The van der Waals surface area contributed by atoms with E-state index < -0.39 is 29.6 Å². The molecule has 0 saturated carbocycles. The topological polar surface area (TPSA) is 96.5 Å². The third-order valence-electron chi connectivity index (χ3n) is 3.71. The molecular weight excluding hydrogens is 414 g/mol. The van der Waals surface area contributed by atoms with Crippen LogP contribution in [0.25, 0.3) is 0 Å². The Morgan fingerprint density at radius 1 is 1.15 bits per heavy atom. The van der Waals surface area contributed by atoms with Crippen molar-refractivity contribution < 1.29 is 19.1 Å². The van der Waals surface area contributed by atoms with Crippen LogP contribution in [0.4, 0.5) is 10.5 Å².